The summed E-state index contributed by atoms with van der Waals surface area (Å²) < 4.78 is 1.85. The van der Waals surface area contributed by atoms with Crippen molar-refractivity contribution in [1.29, 1.82) is 0 Å². The summed E-state index contributed by atoms with van der Waals surface area (Å²) in [5, 5.41) is 8.71. The maximum Gasteiger partial charge on any atom is 0.154 e. The maximum atomic E-state index is 6.15. The van der Waals surface area contributed by atoms with Crippen LogP contribution < -0.4 is 5.32 Å². The molecule has 0 unspecified atom stereocenters. The molecule has 132 valence electrons. The summed E-state index contributed by atoms with van der Waals surface area (Å²) >= 11 is 6.15. The zero-order valence-corrected chi connectivity index (χ0v) is 15.3. The Kier molecular flexibility index (Phi) is 5.89. The summed E-state index contributed by atoms with van der Waals surface area (Å²) in [6.07, 6.45) is 9.77. The fourth-order valence-corrected chi connectivity index (χ4v) is 3.28. The number of hydrogen-bond donors (Lipinski definition) is 1. The van der Waals surface area contributed by atoms with Crippen molar-refractivity contribution in [1.82, 2.24) is 19.5 Å². The SMILES string of the molecule is C=C/C=C(Cl)\C=C(/C)c1cnc2ccc(NCCN3CCCC3)nn12. The third-order valence-corrected chi connectivity index (χ3v) is 4.57. The van der Waals surface area contributed by atoms with E-state index in [-0.39, 0.29) is 0 Å². The highest BCUT2D eigenvalue weighted by Crippen LogP contribution is 2.19. The lowest BCUT2D eigenvalue weighted by Crippen LogP contribution is -2.26. The number of anilines is 1. The number of nitrogens with one attached hydrogen (secondary N) is 1. The molecule has 1 N–H and O–H groups in total. The van der Waals surface area contributed by atoms with Gasteiger partial charge in [-0.15, -0.1) is 5.10 Å². The lowest BCUT2D eigenvalue weighted by molar-refractivity contribution is 0.352. The molecule has 0 spiro atoms. The number of rotatable bonds is 7. The molecular weight excluding hydrogens is 334 g/mol. The van der Waals surface area contributed by atoms with Gasteiger partial charge in [0.1, 0.15) is 5.82 Å². The van der Waals surface area contributed by atoms with Crippen LogP contribution in [0, 0.1) is 0 Å². The summed E-state index contributed by atoms with van der Waals surface area (Å²) in [7, 11) is 0. The molecule has 3 heterocycles. The van der Waals surface area contributed by atoms with Crippen molar-refractivity contribution in [3.05, 3.63) is 53.9 Å². The minimum atomic E-state index is 0.627. The Morgan fingerprint density at radius 3 is 2.92 bits per heavy atom. The normalized spacial score (nSPS) is 16.6. The van der Waals surface area contributed by atoms with Crippen LogP contribution in [0.5, 0.6) is 0 Å². The third-order valence-electron chi connectivity index (χ3n) is 4.33. The molecule has 2 aromatic heterocycles. The van der Waals surface area contributed by atoms with Gasteiger partial charge in [0.2, 0.25) is 0 Å². The average molecular weight is 358 g/mol. The Morgan fingerprint density at radius 1 is 1.36 bits per heavy atom. The fourth-order valence-electron chi connectivity index (χ4n) is 3.03. The minimum Gasteiger partial charge on any atom is -0.367 e. The van der Waals surface area contributed by atoms with E-state index in [0.29, 0.717) is 5.03 Å². The molecule has 0 radical (unpaired) electrons. The molecule has 0 aliphatic carbocycles. The molecule has 0 bridgehead atoms. The Morgan fingerprint density at radius 2 is 2.16 bits per heavy atom. The molecule has 25 heavy (non-hydrogen) atoms. The van der Waals surface area contributed by atoms with E-state index in [1.54, 1.807) is 12.2 Å². The van der Waals surface area contributed by atoms with E-state index in [9.17, 15) is 0 Å². The van der Waals surface area contributed by atoms with Crippen LogP contribution in [0.4, 0.5) is 5.82 Å². The van der Waals surface area contributed by atoms with Crippen molar-refractivity contribution in [2.45, 2.75) is 19.8 Å². The molecule has 2 aromatic rings. The van der Waals surface area contributed by atoms with Gasteiger partial charge in [0.25, 0.3) is 0 Å². The van der Waals surface area contributed by atoms with Gasteiger partial charge in [-0.25, -0.2) is 9.50 Å². The van der Waals surface area contributed by atoms with Gasteiger partial charge in [0.15, 0.2) is 5.65 Å². The zero-order valence-electron chi connectivity index (χ0n) is 14.6. The number of allylic oxidation sites excluding steroid dienone is 5. The highest BCUT2D eigenvalue weighted by atomic mass is 35.5. The highest BCUT2D eigenvalue weighted by Gasteiger charge is 2.11. The second-order valence-electron chi connectivity index (χ2n) is 6.22. The standard InChI is InChI=1S/C19H24ClN5/c1-3-6-16(20)13-15(2)17-14-22-19-8-7-18(23-25(17)19)21-9-12-24-10-4-5-11-24/h3,6-8,13-14H,1,4-5,9-12H2,2H3,(H,21,23)/b15-13+,16-6+. The first-order valence-electron chi connectivity index (χ1n) is 8.65. The Bertz CT molecular complexity index is 799. The first-order chi connectivity index (χ1) is 12.2. The van der Waals surface area contributed by atoms with E-state index in [4.69, 9.17) is 11.6 Å². The van der Waals surface area contributed by atoms with Gasteiger partial charge in [0.05, 0.1) is 11.9 Å². The van der Waals surface area contributed by atoms with Gasteiger partial charge in [-0.2, -0.15) is 0 Å². The topological polar surface area (TPSA) is 45.5 Å². The molecule has 1 saturated heterocycles. The Balaban J connectivity index is 1.74. The predicted molar refractivity (Wildman–Crippen MR) is 105 cm³/mol. The van der Waals surface area contributed by atoms with Crippen molar-refractivity contribution >= 4 is 28.6 Å². The van der Waals surface area contributed by atoms with Crippen LogP contribution in [0.3, 0.4) is 0 Å². The van der Waals surface area contributed by atoms with E-state index in [2.05, 4.69) is 26.9 Å². The van der Waals surface area contributed by atoms with Crippen LogP contribution in [-0.2, 0) is 0 Å². The molecule has 0 amide bonds. The van der Waals surface area contributed by atoms with Gasteiger partial charge >= 0.3 is 0 Å². The van der Waals surface area contributed by atoms with Crippen molar-refractivity contribution in [3.63, 3.8) is 0 Å². The van der Waals surface area contributed by atoms with Gasteiger partial charge in [0, 0.05) is 18.1 Å². The highest BCUT2D eigenvalue weighted by molar-refractivity contribution is 6.31. The predicted octanol–water partition coefficient (Wildman–Crippen LogP) is 3.95. The Hall–Kier alpha value is -2.11. The minimum absolute atomic E-state index is 0.627. The van der Waals surface area contributed by atoms with Crippen LogP contribution in [0.1, 0.15) is 25.5 Å². The summed E-state index contributed by atoms with van der Waals surface area (Å²) in [5.41, 5.74) is 2.74. The lowest BCUT2D eigenvalue weighted by atomic mass is 10.2. The molecule has 1 fully saturated rings. The summed E-state index contributed by atoms with van der Waals surface area (Å²) in [5.74, 6) is 0.853. The monoisotopic (exact) mass is 357 g/mol. The zero-order chi connectivity index (χ0) is 17.6. The van der Waals surface area contributed by atoms with E-state index >= 15 is 0 Å². The van der Waals surface area contributed by atoms with Crippen LogP contribution in [0.15, 0.2) is 48.2 Å². The van der Waals surface area contributed by atoms with Crippen molar-refractivity contribution < 1.29 is 0 Å². The smallest absolute Gasteiger partial charge is 0.154 e. The van der Waals surface area contributed by atoms with Gasteiger partial charge < -0.3 is 10.2 Å². The molecule has 0 aromatic carbocycles. The first kappa shape index (κ1) is 17.7. The van der Waals surface area contributed by atoms with E-state index in [1.165, 1.54) is 25.9 Å². The Labute approximate surface area is 153 Å². The quantitative estimate of drug-likeness (QED) is 0.762. The summed E-state index contributed by atoms with van der Waals surface area (Å²) in [6.45, 7) is 10.0. The van der Waals surface area contributed by atoms with Gasteiger partial charge in [-0.1, -0.05) is 24.3 Å². The molecule has 1 aliphatic heterocycles. The van der Waals surface area contributed by atoms with Crippen molar-refractivity contribution in [2.75, 3.05) is 31.5 Å². The second kappa shape index (κ2) is 8.32. The second-order valence-corrected chi connectivity index (χ2v) is 6.66. The van der Waals surface area contributed by atoms with Crippen LogP contribution in [0.25, 0.3) is 11.2 Å². The average Bonchev–Trinajstić information content (AvgIpc) is 3.24. The van der Waals surface area contributed by atoms with Gasteiger partial charge in [-0.05, 0) is 62.7 Å². The van der Waals surface area contributed by atoms with Crippen LogP contribution in [-0.4, -0.2) is 45.7 Å². The first-order valence-corrected chi connectivity index (χ1v) is 9.03. The largest absolute Gasteiger partial charge is 0.367 e. The number of halogens is 1. The fraction of sp³-hybridized carbons (Fsp3) is 0.368. The molecule has 3 rings (SSSR count). The number of likely N-dealkylation sites (tertiary alicyclic amines) is 1. The number of hydrogen-bond acceptors (Lipinski definition) is 4. The number of aromatic nitrogens is 3. The molecule has 0 atom stereocenters. The summed E-state index contributed by atoms with van der Waals surface area (Å²) in [6, 6.07) is 3.95. The van der Waals surface area contributed by atoms with Crippen molar-refractivity contribution in [3.8, 4) is 0 Å². The molecule has 1 aliphatic rings. The number of fused-ring (bicyclic) bond motifs is 1. The number of nitrogens with zero attached hydrogens (tertiary/aromatic N) is 4. The van der Waals surface area contributed by atoms with E-state index in [1.807, 2.05) is 35.8 Å². The third kappa shape index (κ3) is 4.50. The van der Waals surface area contributed by atoms with E-state index < -0.39 is 0 Å². The lowest BCUT2D eigenvalue weighted by Gasteiger charge is -2.15. The van der Waals surface area contributed by atoms with Crippen LogP contribution in [0.2, 0.25) is 0 Å². The van der Waals surface area contributed by atoms with E-state index in [0.717, 1.165) is 35.8 Å². The molecule has 6 heteroatoms. The van der Waals surface area contributed by atoms with Crippen molar-refractivity contribution in [2.24, 2.45) is 0 Å². The molecule has 5 nitrogen and oxygen atoms in total. The molecular formula is C19H24ClN5. The maximum absolute atomic E-state index is 6.15. The summed E-state index contributed by atoms with van der Waals surface area (Å²) in [4.78, 5) is 6.90. The van der Waals surface area contributed by atoms with Gasteiger partial charge in [-0.3, -0.25) is 0 Å². The van der Waals surface area contributed by atoms with Crippen LogP contribution >= 0.6 is 11.6 Å². The number of imidazole rings is 1. The molecule has 0 saturated carbocycles.